The fourth-order valence-corrected chi connectivity index (χ4v) is 3.02. The number of rotatable bonds is 3. The number of hydrogen-bond donors (Lipinski definition) is 1. The normalized spacial score (nSPS) is 15.5. The predicted molar refractivity (Wildman–Crippen MR) is 85.7 cm³/mol. The first kappa shape index (κ1) is 13.9. The van der Waals surface area contributed by atoms with Gasteiger partial charge in [0.25, 0.3) is 0 Å². The number of pyridine rings is 1. The Labute approximate surface area is 132 Å². The van der Waals surface area contributed by atoms with Crippen LogP contribution in [0.2, 0.25) is 0 Å². The van der Waals surface area contributed by atoms with Gasteiger partial charge in [-0.15, -0.1) is 0 Å². The van der Waals surface area contributed by atoms with Crippen molar-refractivity contribution in [1.82, 2.24) is 4.98 Å². The predicted octanol–water partition coefficient (Wildman–Crippen LogP) is 4.16. The molecule has 0 aliphatic heterocycles. The van der Waals surface area contributed by atoms with Gasteiger partial charge in [0, 0.05) is 22.7 Å². The topological polar surface area (TPSA) is 50.2 Å². The third-order valence-corrected chi connectivity index (χ3v) is 4.58. The highest BCUT2D eigenvalue weighted by atomic mass is 19.1. The largest absolute Gasteiger partial charge is 0.481 e. The Bertz CT molecular complexity index is 932. The van der Waals surface area contributed by atoms with E-state index in [1.165, 1.54) is 6.07 Å². The van der Waals surface area contributed by atoms with Crippen LogP contribution in [0.5, 0.6) is 0 Å². The molecule has 1 aliphatic rings. The van der Waals surface area contributed by atoms with Gasteiger partial charge in [-0.2, -0.15) is 0 Å². The molecule has 23 heavy (non-hydrogen) atoms. The molecule has 4 rings (SSSR count). The Hall–Kier alpha value is -2.75. The fraction of sp³-hybridized carbons (Fsp3) is 0.158. The van der Waals surface area contributed by atoms with Crippen LogP contribution in [0.4, 0.5) is 4.39 Å². The highest BCUT2D eigenvalue weighted by molar-refractivity contribution is 5.86. The Morgan fingerprint density at radius 3 is 2.61 bits per heavy atom. The first-order valence-electron chi connectivity index (χ1n) is 7.49. The second-order valence-corrected chi connectivity index (χ2v) is 6.00. The smallest absolute Gasteiger partial charge is 0.314 e. The van der Waals surface area contributed by atoms with E-state index in [-0.39, 0.29) is 0 Å². The molecule has 1 aromatic heterocycles. The molecular weight excluding hydrogens is 293 g/mol. The van der Waals surface area contributed by atoms with E-state index in [1.54, 1.807) is 18.3 Å². The molecule has 0 saturated heterocycles. The number of aliphatic carboxylic acids is 1. The molecule has 1 heterocycles. The average molecular weight is 307 g/mol. The minimum atomic E-state index is -0.888. The number of aromatic nitrogens is 1. The van der Waals surface area contributed by atoms with Crippen LogP contribution < -0.4 is 0 Å². The van der Waals surface area contributed by atoms with E-state index in [0.717, 1.165) is 10.9 Å². The van der Waals surface area contributed by atoms with Crippen LogP contribution >= 0.6 is 0 Å². The summed E-state index contributed by atoms with van der Waals surface area (Å²) in [5, 5.41) is 10.3. The quantitative estimate of drug-likeness (QED) is 0.790. The monoisotopic (exact) mass is 307 g/mol. The Morgan fingerprint density at radius 2 is 1.91 bits per heavy atom. The molecule has 3 nitrogen and oxygen atoms in total. The highest BCUT2D eigenvalue weighted by Gasteiger charge is 2.51. The van der Waals surface area contributed by atoms with Crippen molar-refractivity contribution in [2.75, 3.05) is 0 Å². The van der Waals surface area contributed by atoms with Crippen LogP contribution in [-0.2, 0) is 10.2 Å². The van der Waals surface area contributed by atoms with Crippen LogP contribution in [0, 0.1) is 5.82 Å². The molecule has 1 aliphatic carbocycles. The summed E-state index contributed by atoms with van der Waals surface area (Å²) in [5.41, 5.74) is 1.64. The molecule has 2 aromatic carbocycles. The molecule has 0 atom stereocenters. The molecule has 0 amide bonds. The van der Waals surface area contributed by atoms with Crippen molar-refractivity contribution in [3.8, 4) is 11.1 Å². The number of carboxylic acids is 1. The van der Waals surface area contributed by atoms with Crippen molar-refractivity contribution in [2.24, 2.45) is 0 Å². The average Bonchev–Trinajstić information content (AvgIpc) is 3.36. The minimum Gasteiger partial charge on any atom is -0.481 e. The first-order valence-corrected chi connectivity index (χ1v) is 7.49. The Morgan fingerprint density at radius 1 is 1.13 bits per heavy atom. The summed E-state index contributed by atoms with van der Waals surface area (Å²) in [6, 6.07) is 14.3. The number of para-hydroxylation sites is 1. The highest BCUT2D eigenvalue weighted by Crippen LogP contribution is 2.49. The van der Waals surface area contributed by atoms with E-state index in [4.69, 9.17) is 0 Å². The molecule has 1 fully saturated rings. The Balaban J connectivity index is 1.78. The van der Waals surface area contributed by atoms with Crippen LogP contribution in [0.25, 0.3) is 22.0 Å². The number of benzene rings is 2. The number of hydrogen-bond acceptors (Lipinski definition) is 2. The van der Waals surface area contributed by atoms with E-state index in [0.29, 0.717) is 29.5 Å². The lowest BCUT2D eigenvalue weighted by molar-refractivity contribution is -0.140. The van der Waals surface area contributed by atoms with Gasteiger partial charge in [0.2, 0.25) is 0 Å². The first-order chi connectivity index (χ1) is 11.1. The summed E-state index contributed by atoms with van der Waals surface area (Å²) >= 11 is 0. The Kier molecular flexibility index (Phi) is 2.94. The maximum atomic E-state index is 14.5. The zero-order valence-corrected chi connectivity index (χ0v) is 12.3. The van der Waals surface area contributed by atoms with E-state index < -0.39 is 17.2 Å². The summed E-state index contributed by atoms with van der Waals surface area (Å²) < 4.78 is 14.5. The lowest BCUT2D eigenvalue weighted by Crippen LogP contribution is -2.19. The number of halogens is 1. The summed E-state index contributed by atoms with van der Waals surface area (Å²) in [4.78, 5) is 15.7. The van der Waals surface area contributed by atoms with Gasteiger partial charge < -0.3 is 5.11 Å². The van der Waals surface area contributed by atoms with Crippen LogP contribution in [0.1, 0.15) is 18.4 Å². The van der Waals surface area contributed by atoms with Crippen molar-refractivity contribution in [1.29, 1.82) is 0 Å². The van der Waals surface area contributed by atoms with Gasteiger partial charge in [-0.05, 0) is 36.6 Å². The summed E-state index contributed by atoms with van der Waals surface area (Å²) in [6.07, 6.45) is 2.78. The number of carboxylic acid groups (broad SMARTS) is 1. The van der Waals surface area contributed by atoms with Gasteiger partial charge in [0.05, 0.1) is 10.9 Å². The molecule has 0 bridgehead atoms. The van der Waals surface area contributed by atoms with Gasteiger partial charge in [-0.1, -0.05) is 30.3 Å². The van der Waals surface area contributed by atoms with Crippen molar-refractivity contribution < 1.29 is 14.3 Å². The third kappa shape index (κ3) is 2.18. The third-order valence-electron chi connectivity index (χ3n) is 4.58. The van der Waals surface area contributed by atoms with Crippen LogP contribution in [0.15, 0.2) is 54.7 Å². The lowest BCUT2D eigenvalue weighted by atomic mass is 9.93. The maximum absolute atomic E-state index is 14.5. The van der Waals surface area contributed by atoms with Crippen LogP contribution in [-0.4, -0.2) is 16.1 Å². The molecule has 0 spiro atoms. The molecule has 114 valence electrons. The van der Waals surface area contributed by atoms with E-state index in [2.05, 4.69) is 4.98 Å². The van der Waals surface area contributed by atoms with Gasteiger partial charge in [-0.3, -0.25) is 9.78 Å². The van der Waals surface area contributed by atoms with Crippen molar-refractivity contribution >= 4 is 16.9 Å². The molecule has 4 heteroatoms. The second kappa shape index (κ2) is 4.88. The molecule has 3 aromatic rings. The van der Waals surface area contributed by atoms with E-state index in [1.807, 2.05) is 30.3 Å². The van der Waals surface area contributed by atoms with E-state index in [9.17, 15) is 14.3 Å². The van der Waals surface area contributed by atoms with Gasteiger partial charge in [0.1, 0.15) is 5.82 Å². The number of nitrogens with zero attached hydrogens (tertiary/aromatic N) is 1. The zero-order chi connectivity index (χ0) is 16.0. The zero-order valence-electron chi connectivity index (χ0n) is 12.3. The minimum absolute atomic E-state index is 0.410. The van der Waals surface area contributed by atoms with Gasteiger partial charge in [-0.25, -0.2) is 4.39 Å². The molecule has 1 N–H and O–H groups in total. The van der Waals surface area contributed by atoms with Crippen molar-refractivity contribution in [3.63, 3.8) is 0 Å². The summed E-state index contributed by atoms with van der Waals surface area (Å²) in [5.74, 6) is -1.29. The molecule has 1 saturated carbocycles. The molecule has 0 radical (unpaired) electrons. The van der Waals surface area contributed by atoms with Gasteiger partial charge >= 0.3 is 5.97 Å². The van der Waals surface area contributed by atoms with Crippen molar-refractivity contribution in [3.05, 3.63) is 66.1 Å². The van der Waals surface area contributed by atoms with Gasteiger partial charge in [0.15, 0.2) is 0 Å². The maximum Gasteiger partial charge on any atom is 0.314 e. The summed E-state index contributed by atoms with van der Waals surface area (Å²) in [7, 11) is 0. The molecular formula is C19H14FNO2. The molecule has 0 unspecified atom stereocenters. The number of fused-ring (bicyclic) bond motifs is 1. The van der Waals surface area contributed by atoms with Crippen LogP contribution in [0.3, 0.4) is 0 Å². The number of carbonyl (C=O) groups is 1. The second-order valence-electron chi connectivity index (χ2n) is 6.00. The standard InChI is InChI=1S/C19H14FNO2/c20-16-10-14(19(7-8-19)18(22)23)5-6-15(16)13-9-12-3-1-2-4-17(12)21-11-13/h1-6,9-11H,7-8H2,(H,22,23). The fourth-order valence-electron chi connectivity index (χ4n) is 3.02. The van der Waals surface area contributed by atoms with E-state index >= 15 is 0 Å². The lowest BCUT2D eigenvalue weighted by Gasteiger charge is -2.12. The summed E-state index contributed by atoms with van der Waals surface area (Å²) in [6.45, 7) is 0. The SMILES string of the molecule is O=C(O)C1(c2ccc(-c3cnc4ccccc4c3)c(F)c2)CC1. The van der Waals surface area contributed by atoms with Crippen molar-refractivity contribution in [2.45, 2.75) is 18.3 Å².